The quantitative estimate of drug-likeness (QED) is 0.0261. The van der Waals surface area contributed by atoms with Crippen molar-refractivity contribution in [2.45, 2.75) is 386 Å². The molecular formula is C73H134O6. The normalized spacial score (nSPS) is 12.3. The minimum absolute atomic E-state index is 0.0723. The third kappa shape index (κ3) is 66.1. The summed E-state index contributed by atoms with van der Waals surface area (Å²) in [6.07, 6.45) is 85.7. The van der Waals surface area contributed by atoms with Crippen LogP contribution in [0.5, 0.6) is 0 Å². The molecule has 1 atom stereocenters. The van der Waals surface area contributed by atoms with Crippen molar-refractivity contribution in [3.05, 3.63) is 48.6 Å². The van der Waals surface area contributed by atoms with E-state index in [0.29, 0.717) is 19.3 Å². The lowest BCUT2D eigenvalue weighted by atomic mass is 10.0. The molecule has 1 unspecified atom stereocenters. The minimum Gasteiger partial charge on any atom is -0.462 e. The zero-order valence-corrected chi connectivity index (χ0v) is 53.2. The van der Waals surface area contributed by atoms with E-state index in [1.807, 2.05) is 0 Å². The van der Waals surface area contributed by atoms with Crippen molar-refractivity contribution in [2.24, 2.45) is 0 Å². The van der Waals surface area contributed by atoms with E-state index in [4.69, 9.17) is 14.2 Å². The molecule has 0 saturated carbocycles. The van der Waals surface area contributed by atoms with Gasteiger partial charge in [-0.05, 0) is 77.0 Å². The van der Waals surface area contributed by atoms with E-state index in [1.165, 1.54) is 257 Å². The van der Waals surface area contributed by atoms with E-state index in [-0.39, 0.29) is 31.1 Å². The predicted molar refractivity (Wildman–Crippen MR) is 344 cm³/mol. The molecule has 0 rings (SSSR count). The van der Waals surface area contributed by atoms with E-state index >= 15 is 0 Å². The average Bonchev–Trinajstić information content (AvgIpc) is 3.45. The maximum atomic E-state index is 12.9. The molecule has 0 saturated heterocycles. The fraction of sp³-hybridized carbons (Fsp3) is 0.849. The van der Waals surface area contributed by atoms with Crippen LogP contribution in [0, 0.1) is 0 Å². The highest BCUT2D eigenvalue weighted by Gasteiger charge is 2.19. The van der Waals surface area contributed by atoms with Crippen molar-refractivity contribution in [1.29, 1.82) is 0 Å². The fourth-order valence-electron chi connectivity index (χ4n) is 10.6. The van der Waals surface area contributed by atoms with Gasteiger partial charge in [-0.3, -0.25) is 14.4 Å². The zero-order chi connectivity index (χ0) is 57.1. The Bertz CT molecular complexity index is 1360. The third-order valence-electron chi connectivity index (χ3n) is 15.8. The van der Waals surface area contributed by atoms with Crippen LogP contribution >= 0.6 is 0 Å². The Hall–Kier alpha value is -2.63. The SMILES string of the molecule is CC/C=C\C/C=C\C/C=C\CCCCCCCCCC(=O)OC(COC(=O)CCCCCCCCCCCCCCCCC/C=C\CCCCCCCCCC)COC(=O)CCCCCCCCCCCCCCCCCCC. The van der Waals surface area contributed by atoms with Gasteiger partial charge >= 0.3 is 17.9 Å². The molecule has 0 fully saturated rings. The average molecular weight is 1110 g/mol. The summed E-state index contributed by atoms with van der Waals surface area (Å²) in [7, 11) is 0. The van der Waals surface area contributed by atoms with Crippen LogP contribution in [-0.4, -0.2) is 37.2 Å². The van der Waals surface area contributed by atoms with Gasteiger partial charge in [0.25, 0.3) is 0 Å². The van der Waals surface area contributed by atoms with E-state index in [0.717, 1.165) is 83.5 Å². The number of ether oxygens (including phenoxy) is 3. The third-order valence-corrected chi connectivity index (χ3v) is 15.8. The van der Waals surface area contributed by atoms with Crippen LogP contribution in [0.25, 0.3) is 0 Å². The Morgan fingerprint density at radius 1 is 0.266 bits per heavy atom. The molecule has 0 aliphatic rings. The highest BCUT2D eigenvalue weighted by molar-refractivity contribution is 5.71. The van der Waals surface area contributed by atoms with Crippen LogP contribution in [0.4, 0.5) is 0 Å². The lowest BCUT2D eigenvalue weighted by Crippen LogP contribution is -2.30. The number of carbonyl (C=O) groups excluding carboxylic acids is 3. The van der Waals surface area contributed by atoms with Gasteiger partial charge in [0.15, 0.2) is 6.10 Å². The summed E-state index contributed by atoms with van der Waals surface area (Å²) in [6, 6.07) is 0. The number of carbonyl (C=O) groups is 3. The van der Waals surface area contributed by atoms with E-state index in [1.54, 1.807) is 0 Å². The van der Waals surface area contributed by atoms with Crippen LogP contribution < -0.4 is 0 Å². The van der Waals surface area contributed by atoms with Crippen molar-refractivity contribution < 1.29 is 28.6 Å². The molecule has 0 aromatic carbocycles. The van der Waals surface area contributed by atoms with Gasteiger partial charge in [-0.25, -0.2) is 0 Å². The predicted octanol–water partition coefficient (Wildman–Crippen LogP) is 24.1. The van der Waals surface area contributed by atoms with E-state index in [9.17, 15) is 14.4 Å². The fourth-order valence-corrected chi connectivity index (χ4v) is 10.6. The molecule has 79 heavy (non-hydrogen) atoms. The molecule has 0 aliphatic carbocycles. The second-order valence-corrected chi connectivity index (χ2v) is 23.8. The molecule has 0 aliphatic heterocycles. The molecule has 0 N–H and O–H groups in total. The first-order valence-electron chi connectivity index (χ1n) is 35.1. The lowest BCUT2D eigenvalue weighted by molar-refractivity contribution is -0.167. The largest absolute Gasteiger partial charge is 0.462 e. The highest BCUT2D eigenvalue weighted by Crippen LogP contribution is 2.18. The molecule has 0 aromatic heterocycles. The second kappa shape index (κ2) is 67.9. The van der Waals surface area contributed by atoms with Crippen molar-refractivity contribution >= 4 is 17.9 Å². The van der Waals surface area contributed by atoms with Gasteiger partial charge in [0.05, 0.1) is 0 Å². The number of hydrogen-bond donors (Lipinski definition) is 0. The Morgan fingerprint density at radius 3 is 0.785 bits per heavy atom. The van der Waals surface area contributed by atoms with Gasteiger partial charge in [0, 0.05) is 19.3 Å². The topological polar surface area (TPSA) is 78.9 Å². The molecule has 6 heteroatoms. The minimum atomic E-state index is -0.777. The standard InChI is InChI=1S/C73H134O6/c1-4-7-10-13-16-19-22-25-28-31-32-33-34-35-36-37-38-39-40-43-45-48-51-54-57-60-63-66-72(75)78-69-70(79-73(76)67-64-61-58-55-52-49-46-42-30-27-24-21-18-15-12-9-6-3)68-77-71(74)65-62-59-56-53-50-47-44-41-29-26-23-20-17-14-11-8-5-2/h9,12,18,21,27,30-32,70H,4-8,10-11,13-17,19-20,22-26,28-29,33-69H2,1-3H3/b12-9-,21-18-,30-27-,32-31-. The van der Waals surface area contributed by atoms with Gasteiger partial charge in [0.2, 0.25) is 0 Å². The van der Waals surface area contributed by atoms with Crippen LogP contribution in [0.15, 0.2) is 48.6 Å². The Morgan fingerprint density at radius 2 is 0.494 bits per heavy atom. The Kier molecular flexibility index (Phi) is 65.6. The Labute approximate surface area is 492 Å². The highest BCUT2D eigenvalue weighted by atomic mass is 16.6. The number of unbranched alkanes of at least 4 members (excludes halogenated alkanes) is 46. The summed E-state index contributed by atoms with van der Waals surface area (Å²) in [5.41, 5.74) is 0. The van der Waals surface area contributed by atoms with Crippen molar-refractivity contribution in [3.63, 3.8) is 0 Å². The zero-order valence-electron chi connectivity index (χ0n) is 53.2. The van der Waals surface area contributed by atoms with Gasteiger partial charge in [-0.1, -0.05) is 333 Å². The summed E-state index contributed by atoms with van der Waals surface area (Å²) in [6.45, 7) is 6.59. The molecule has 0 amide bonds. The van der Waals surface area contributed by atoms with E-state index in [2.05, 4.69) is 69.4 Å². The monoisotopic (exact) mass is 1110 g/mol. The second-order valence-electron chi connectivity index (χ2n) is 23.8. The summed E-state index contributed by atoms with van der Waals surface area (Å²) < 4.78 is 17.0. The molecule has 0 bridgehead atoms. The van der Waals surface area contributed by atoms with Crippen molar-refractivity contribution in [1.82, 2.24) is 0 Å². The smallest absolute Gasteiger partial charge is 0.306 e. The lowest BCUT2D eigenvalue weighted by Gasteiger charge is -2.18. The molecule has 0 heterocycles. The van der Waals surface area contributed by atoms with Crippen LogP contribution in [0.3, 0.4) is 0 Å². The summed E-state index contributed by atoms with van der Waals surface area (Å²) in [5, 5.41) is 0. The summed E-state index contributed by atoms with van der Waals surface area (Å²) in [4.78, 5) is 38.4. The van der Waals surface area contributed by atoms with Gasteiger partial charge in [-0.15, -0.1) is 0 Å². The maximum absolute atomic E-state index is 12.9. The molecule has 462 valence electrons. The van der Waals surface area contributed by atoms with Crippen molar-refractivity contribution in [2.75, 3.05) is 13.2 Å². The van der Waals surface area contributed by atoms with Gasteiger partial charge < -0.3 is 14.2 Å². The number of esters is 3. The van der Waals surface area contributed by atoms with Crippen molar-refractivity contribution in [3.8, 4) is 0 Å². The molecule has 0 spiro atoms. The first kappa shape index (κ1) is 76.4. The number of hydrogen-bond acceptors (Lipinski definition) is 6. The molecule has 0 radical (unpaired) electrons. The van der Waals surface area contributed by atoms with Crippen LogP contribution in [0.2, 0.25) is 0 Å². The first-order chi connectivity index (χ1) is 39.0. The van der Waals surface area contributed by atoms with Crippen LogP contribution in [-0.2, 0) is 28.6 Å². The Balaban J connectivity index is 4.25. The van der Waals surface area contributed by atoms with Crippen LogP contribution in [0.1, 0.15) is 380 Å². The summed E-state index contributed by atoms with van der Waals surface area (Å²) in [5.74, 6) is -0.855. The first-order valence-corrected chi connectivity index (χ1v) is 35.1. The van der Waals surface area contributed by atoms with E-state index < -0.39 is 6.10 Å². The molecule has 0 aromatic rings. The molecular weight excluding hydrogens is 973 g/mol. The number of allylic oxidation sites excluding steroid dienone is 8. The summed E-state index contributed by atoms with van der Waals surface area (Å²) >= 11 is 0. The number of rotatable bonds is 65. The maximum Gasteiger partial charge on any atom is 0.306 e. The van der Waals surface area contributed by atoms with Gasteiger partial charge in [-0.2, -0.15) is 0 Å². The molecule has 6 nitrogen and oxygen atoms in total. The van der Waals surface area contributed by atoms with Gasteiger partial charge in [0.1, 0.15) is 13.2 Å².